The first-order valence-corrected chi connectivity index (χ1v) is 7.51. The zero-order valence-electron chi connectivity index (χ0n) is 9.38. The summed E-state index contributed by atoms with van der Waals surface area (Å²) < 4.78 is 1.96. The Morgan fingerprint density at radius 1 is 1.35 bits per heavy atom. The van der Waals surface area contributed by atoms with Crippen molar-refractivity contribution in [2.24, 2.45) is 0 Å². The molecule has 1 fully saturated rings. The molecule has 0 aromatic heterocycles. The van der Waals surface area contributed by atoms with E-state index in [0.29, 0.717) is 0 Å². The van der Waals surface area contributed by atoms with E-state index >= 15 is 0 Å². The third-order valence-corrected chi connectivity index (χ3v) is 4.22. The van der Waals surface area contributed by atoms with Crippen LogP contribution in [0, 0.1) is 3.57 Å². The van der Waals surface area contributed by atoms with Gasteiger partial charge in [-0.05, 0) is 53.8 Å². The molecule has 1 heterocycles. The standard InChI is InChI=1S/C12H14BrIN2O/c13-9-2-3-11(14)10(8-9)12(17)16-6-1-4-15-5-7-16/h2-3,8,15H,1,4-7H2. The molecule has 1 saturated heterocycles. The van der Waals surface area contributed by atoms with Gasteiger partial charge in [-0.3, -0.25) is 4.79 Å². The van der Waals surface area contributed by atoms with Crippen LogP contribution in [0.15, 0.2) is 22.7 Å². The van der Waals surface area contributed by atoms with Gasteiger partial charge in [-0.25, -0.2) is 0 Å². The Labute approximate surface area is 123 Å². The summed E-state index contributed by atoms with van der Waals surface area (Å²) in [4.78, 5) is 14.3. The first kappa shape index (κ1) is 13.3. The fourth-order valence-corrected chi connectivity index (χ4v) is 2.81. The second-order valence-corrected chi connectivity index (χ2v) is 6.10. The number of halogens is 2. The number of hydrogen-bond donors (Lipinski definition) is 1. The quantitative estimate of drug-likeness (QED) is 0.724. The summed E-state index contributed by atoms with van der Waals surface area (Å²) in [6, 6.07) is 5.83. The lowest BCUT2D eigenvalue weighted by atomic mass is 10.2. The summed E-state index contributed by atoms with van der Waals surface area (Å²) in [6.07, 6.45) is 1.02. The molecule has 1 aliphatic heterocycles. The molecule has 0 radical (unpaired) electrons. The maximum Gasteiger partial charge on any atom is 0.255 e. The highest BCUT2D eigenvalue weighted by Gasteiger charge is 2.19. The summed E-state index contributed by atoms with van der Waals surface area (Å²) in [7, 11) is 0. The van der Waals surface area contributed by atoms with Crippen LogP contribution in [0.5, 0.6) is 0 Å². The van der Waals surface area contributed by atoms with Crippen molar-refractivity contribution in [1.29, 1.82) is 0 Å². The largest absolute Gasteiger partial charge is 0.337 e. The average molecular weight is 409 g/mol. The average Bonchev–Trinajstić information content (AvgIpc) is 2.60. The maximum absolute atomic E-state index is 12.4. The molecule has 3 nitrogen and oxygen atoms in total. The van der Waals surface area contributed by atoms with Crippen LogP contribution < -0.4 is 5.32 Å². The highest BCUT2D eigenvalue weighted by Crippen LogP contribution is 2.20. The van der Waals surface area contributed by atoms with Gasteiger partial charge in [0.1, 0.15) is 0 Å². The number of carbonyl (C=O) groups excluding carboxylic acids is 1. The Morgan fingerprint density at radius 2 is 2.18 bits per heavy atom. The van der Waals surface area contributed by atoms with Gasteiger partial charge in [0, 0.05) is 27.7 Å². The number of rotatable bonds is 1. The molecule has 5 heteroatoms. The molecule has 0 saturated carbocycles. The fourth-order valence-electron chi connectivity index (χ4n) is 1.88. The van der Waals surface area contributed by atoms with Crippen molar-refractivity contribution in [1.82, 2.24) is 10.2 Å². The van der Waals surface area contributed by atoms with E-state index in [9.17, 15) is 4.79 Å². The van der Waals surface area contributed by atoms with E-state index in [4.69, 9.17) is 0 Å². The van der Waals surface area contributed by atoms with Gasteiger partial charge in [-0.15, -0.1) is 0 Å². The third kappa shape index (κ3) is 3.42. The summed E-state index contributed by atoms with van der Waals surface area (Å²) in [5.41, 5.74) is 0.793. The molecule has 0 atom stereocenters. The number of benzene rings is 1. The Morgan fingerprint density at radius 3 is 3.00 bits per heavy atom. The summed E-state index contributed by atoms with van der Waals surface area (Å²) in [6.45, 7) is 3.52. The molecule has 2 rings (SSSR count). The van der Waals surface area contributed by atoms with Crippen LogP contribution in [0.2, 0.25) is 0 Å². The molecule has 1 aromatic rings. The monoisotopic (exact) mass is 408 g/mol. The molecular formula is C12H14BrIN2O. The van der Waals surface area contributed by atoms with Crippen LogP contribution in [-0.4, -0.2) is 37.0 Å². The molecular weight excluding hydrogens is 395 g/mol. The second kappa shape index (κ2) is 6.15. The van der Waals surface area contributed by atoms with E-state index in [-0.39, 0.29) is 5.91 Å². The number of hydrogen-bond acceptors (Lipinski definition) is 2. The maximum atomic E-state index is 12.4. The highest BCUT2D eigenvalue weighted by atomic mass is 127. The van der Waals surface area contributed by atoms with E-state index in [1.165, 1.54) is 0 Å². The zero-order valence-corrected chi connectivity index (χ0v) is 13.1. The predicted octanol–water partition coefficient (Wildman–Crippen LogP) is 2.49. The normalized spacial score (nSPS) is 16.7. The van der Waals surface area contributed by atoms with Gasteiger partial charge in [0.15, 0.2) is 0 Å². The minimum absolute atomic E-state index is 0.138. The SMILES string of the molecule is O=C(c1cc(Br)ccc1I)N1CCCNCC1. The Bertz CT molecular complexity index is 417. The van der Waals surface area contributed by atoms with Crippen LogP contribution in [0.1, 0.15) is 16.8 Å². The Kier molecular flexibility index (Phi) is 4.81. The lowest BCUT2D eigenvalue weighted by Crippen LogP contribution is -2.34. The molecule has 0 unspecified atom stereocenters. The Balaban J connectivity index is 2.20. The van der Waals surface area contributed by atoms with E-state index in [2.05, 4.69) is 43.8 Å². The lowest BCUT2D eigenvalue weighted by molar-refractivity contribution is 0.0765. The summed E-state index contributed by atoms with van der Waals surface area (Å²) >= 11 is 5.63. The van der Waals surface area contributed by atoms with Gasteiger partial charge in [-0.1, -0.05) is 15.9 Å². The van der Waals surface area contributed by atoms with Gasteiger partial charge in [-0.2, -0.15) is 0 Å². The molecule has 17 heavy (non-hydrogen) atoms. The molecule has 1 N–H and O–H groups in total. The van der Waals surface area contributed by atoms with Crippen LogP contribution in [0.4, 0.5) is 0 Å². The highest BCUT2D eigenvalue weighted by molar-refractivity contribution is 14.1. The van der Waals surface area contributed by atoms with Crippen LogP contribution in [-0.2, 0) is 0 Å². The van der Waals surface area contributed by atoms with Crippen molar-refractivity contribution in [3.05, 3.63) is 31.8 Å². The first-order chi connectivity index (χ1) is 8.18. The third-order valence-electron chi connectivity index (χ3n) is 2.79. The van der Waals surface area contributed by atoms with Crippen molar-refractivity contribution < 1.29 is 4.79 Å². The second-order valence-electron chi connectivity index (χ2n) is 4.02. The van der Waals surface area contributed by atoms with Gasteiger partial charge in [0.05, 0.1) is 5.56 Å². The van der Waals surface area contributed by atoms with E-state index in [1.807, 2.05) is 23.1 Å². The zero-order chi connectivity index (χ0) is 12.3. The minimum atomic E-state index is 0.138. The Hall–Kier alpha value is -0.140. The number of carbonyl (C=O) groups is 1. The molecule has 1 aromatic carbocycles. The van der Waals surface area contributed by atoms with Gasteiger partial charge in [0.2, 0.25) is 0 Å². The van der Waals surface area contributed by atoms with Crippen molar-refractivity contribution in [2.45, 2.75) is 6.42 Å². The molecule has 0 spiro atoms. The van der Waals surface area contributed by atoms with E-state index in [1.54, 1.807) is 0 Å². The van der Waals surface area contributed by atoms with E-state index < -0.39 is 0 Å². The van der Waals surface area contributed by atoms with Crippen LogP contribution in [0.3, 0.4) is 0 Å². The number of nitrogens with one attached hydrogen (secondary N) is 1. The van der Waals surface area contributed by atoms with Gasteiger partial charge >= 0.3 is 0 Å². The van der Waals surface area contributed by atoms with Crippen molar-refractivity contribution in [2.75, 3.05) is 26.2 Å². The molecule has 0 aliphatic carbocycles. The first-order valence-electron chi connectivity index (χ1n) is 5.63. The van der Waals surface area contributed by atoms with Crippen molar-refractivity contribution in [3.8, 4) is 0 Å². The topological polar surface area (TPSA) is 32.3 Å². The van der Waals surface area contributed by atoms with Gasteiger partial charge < -0.3 is 10.2 Å². The smallest absolute Gasteiger partial charge is 0.255 e. The van der Waals surface area contributed by atoms with Crippen LogP contribution in [0.25, 0.3) is 0 Å². The molecule has 1 amide bonds. The predicted molar refractivity (Wildman–Crippen MR) is 80.2 cm³/mol. The summed E-state index contributed by atoms with van der Waals surface area (Å²) in [5, 5.41) is 3.30. The van der Waals surface area contributed by atoms with E-state index in [0.717, 1.165) is 46.2 Å². The number of amides is 1. The minimum Gasteiger partial charge on any atom is -0.337 e. The van der Waals surface area contributed by atoms with Gasteiger partial charge in [0.25, 0.3) is 5.91 Å². The van der Waals surface area contributed by atoms with Crippen molar-refractivity contribution in [3.63, 3.8) is 0 Å². The molecule has 1 aliphatic rings. The summed E-state index contributed by atoms with van der Waals surface area (Å²) in [5.74, 6) is 0.138. The lowest BCUT2D eigenvalue weighted by Gasteiger charge is -2.20. The van der Waals surface area contributed by atoms with Crippen LogP contribution >= 0.6 is 38.5 Å². The van der Waals surface area contributed by atoms with Crippen molar-refractivity contribution >= 4 is 44.4 Å². The molecule has 0 bridgehead atoms. The molecule has 92 valence electrons. The number of nitrogens with zero attached hydrogens (tertiary/aromatic N) is 1. The fraction of sp³-hybridized carbons (Fsp3) is 0.417.